The lowest BCUT2D eigenvalue weighted by molar-refractivity contribution is 0.662. The minimum Gasteiger partial charge on any atom is -0.295 e. The van der Waals surface area contributed by atoms with E-state index in [0.717, 1.165) is 18.5 Å². The zero-order valence-corrected chi connectivity index (χ0v) is 10.0. The number of nitrogens with one attached hydrogen (secondary N) is 1. The highest BCUT2D eigenvalue weighted by molar-refractivity contribution is 6.28. The minimum absolute atomic E-state index is 0.116. The smallest absolute Gasteiger partial charge is 0.278 e. The van der Waals surface area contributed by atoms with Gasteiger partial charge in [0.05, 0.1) is 5.69 Å². The molecule has 86 valence electrons. The second kappa shape index (κ2) is 4.25. The summed E-state index contributed by atoms with van der Waals surface area (Å²) in [7, 11) is 0. The van der Waals surface area contributed by atoms with E-state index in [2.05, 4.69) is 22.0 Å². The van der Waals surface area contributed by atoms with Crippen molar-refractivity contribution in [2.75, 3.05) is 0 Å². The Morgan fingerprint density at radius 1 is 1.44 bits per heavy atom. The van der Waals surface area contributed by atoms with Crippen molar-refractivity contribution < 1.29 is 0 Å². The van der Waals surface area contributed by atoms with Gasteiger partial charge in [0.15, 0.2) is 5.52 Å². The standard InChI is InChI=1S/C10H13ClN4O/c1-3-5-6-7-8(15(4-2)14-6)9(16)13-10(11)12-7/h3-5H2,1-2H3,(H,12,13,16). The van der Waals surface area contributed by atoms with Gasteiger partial charge in [0.1, 0.15) is 5.52 Å². The van der Waals surface area contributed by atoms with Crippen molar-refractivity contribution in [3.63, 3.8) is 0 Å². The fourth-order valence-electron chi connectivity index (χ4n) is 1.76. The van der Waals surface area contributed by atoms with E-state index in [9.17, 15) is 4.79 Å². The molecule has 2 heterocycles. The summed E-state index contributed by atoms with van der Waals surface area (Å²) in [5.41, 5.74) is 1.74. The molecule has 0 bridgehead atoms. The Morgan fingerprint density at radius 2 is 2.19 bits per heavy atom. The molecule has 0 aliphatic rings. The molecular weight excluding hydrogens is 228 g/mol. The Labute approximate surface area is 97.4 Å². The Bertz CT molecular complexity index is 572. The van der Waals surface area contributed by atoms with Crippen LogP contribution >= 0.6 is 11.6 Å². The van der Waals surface area contributed by atoms with Gasteiger partial charge in [-0.1, -0.05) is 13.3 Å². The Hall–Kier alpha value is -1.36. The summed E-state index contributed by atoms with van der Waals surface area (Å²) in [5, 5.41) is 4.49. The molecule has 0 amide bonds. The second-order valence-electron chi connectivity index (χ2n) is 3.57. The molecule has 16 heavy (non-hydrogen) atoms. The first-order chi connectivity index (χ1) is 7.67. The molecule has 5 nitrogen and oxygen atoms in total. The lowest BCUT2D eigenvalue weighted by Crippen LogP contribution is -2.12. The number of fused-ring (bicyclic) bond motifs is 1. The first-order valence-electron chi connectivity index (χ1n) is 5.32. The summed E-state index contributed by atoms with van der Waals surface area (Å²) in [4.78, 5) is 18.4. The van der Waals surface area contributed by atoms with Crippen LogP contribution in [0.5, 0.6) is 0 Å². The van der Waals surface area contributed by atoms with Crippen molar-refractivity contribution in [2.24, 2.45) is 0 Å². The molecule has 0 saturated heterocycles. The molecule has 6 heteroatoms. The van der Waals surface area contributed by atoms with Crippen molar-refractivity contribution in [1.82, 2.24) is 19.7 Å². The maximum absolute atomic E-state index is 11.8. The number of aromatic nitrogens is 4. The normalized spacial score (nSPS) is 11.2. The summed E-state index contributed by atoms with van der Waals surface area (Å²) in [6, 6.07) is 0. The fourth-order valence-corrected chi connectivity index (χ4v) is 1.93. The number of hydrogen-bond acceptors (Lipinski definition) is 3. The van der Waals surface area contributed by atoms with E-state index in [-0.39, 0.29) is 10.8 Å². The number of aromatic amines is 1. The van der Waals surface area contributed by atoms with E-state index in [4.69, 9.17) is 11.6 Å². The first-order valence-corrected chi connectivity index (χ1v) is 5.70. The van der Waals surface area contributed by atoms with Crippen molar-refractivity contribution in [3.05, 3.63) is 21.3 Å². The molecule has 0 aliphatic carbocycles. The van der Waals surface area contributed by atoms with Crippen LogP contribution in [0.3, 0.4) is 0 Å². The topological polar surface area (TPSA) is 63.6 Å². The number of nitrogens with zero attached hydrogens (tertiary/aromatic N) is 3. The molecule has 0 aliphatic heterocycles. The fraction of sp³-hybridized carbons (Fsp3) is 0.500. The van der Waals surface area contributed by atoms with Gasteiger partial charge in [-0.2, -0.15) is 5.10 Å². The molecule has 0 unspecified atom stereocenters. The van der Waals surface area contributed by atoms with Crippen LogP contribution in [0.1, 0.15) is 26.0 Å². The zero-order valence-electron chi connectivity index (χ0n) is 9.25. The molecule has 2 aromatic rings. The van der Waals surface area contributed by atoms with Gasteiger partial charge >= 0.3 is 0 Å². The zero-order chi connectivity index (χ0) is 11.7. The van der Waals surface area contributed by atoms with Gasteiger partial charge in [0.25, 0.3) is 5.56 Å². The SMILES string of the molecule is CCCc1nn(CC)c2c(=O)[nH]c(Cl)nc12. The lowest BCUT2D eigenvalue weighted by Gasteiger charge is -1.95. The average Bonchev–Trinajstić information content (AvgIpc) is 2.57. The van der Waals surface area contributed by atoms with Crippen molar-refractivity contribution >= 4 is 22.6 Å². The molecule has 2 rings (SSSR count). The second-order valence-corrected chi connectivity index (χ2v) is 3.92. The molecule has 0 saturated carbocycles. The summed E-state index contributed by atoms with van der Waals surface area (Å²) in [5.74, 6) is 0. The molecule has 1 N–H and O–H groups in total. The number of rotatable bonds is 3. The summed E-state index contributed by atoms with van der Waals surface area (Å²) in [6.45, 7) is 4.65. The lowest BCUT2D eigenvalue weighted by atomic mass is 10.2. The van der Waals surface area contributed by atoms with Gasteiger partial charge in [-0.15, -0.1) is 0 Å². The highest BCUT2D eigenvalue weighted by atomic mass is 35.5. The predicted octanol–water partition coefficient (Wildman–Crippen LogP) is 1.75. The van der Waals surface area contributed by atoms with Crippen LogP contribution in [0.15, 0.2) is 4.79 Å². The Kier molecular flexibility index (Phi) is 2.96. The maximum Gasteiger partial charge on any atom is 0.278 e. The summed E-state index contributed by atoms with van der Waals surface area (Å²) < 4.78 is 1.67. The van der Waals surface area contributed by atoms with Crippen LogP contribution < -0.4 is 5.56 Å². The third-order valence-corrected chi connectivity index (χ3v) is 2.60. The van der Waals surface area contributed by atoms with E-state index in [1.807, 2.05) is 6.92 Å². The van der Waals surface area contributed by atoms with E-state index in [1.165, 1.54) is 0 Å². The molecule has 0 spiro atoms. The molecule has 2 aromatic heterocycles. The van der Waals surface area contributed by atoms with Gasteiger partial charge < -0.3 is 0 Å². The Morgan fingerprint density at radius 3 is 2.81 bits per heavy atom. The maximum atomic E-state index is 11.8. The van der Waals surface area contributed by atoms with Gasteiger partial charge in [0.2, 0.25) is 5.28 Å². The predicted molar refractivity (Wildman–Crippen MR) is 62.8 cm³/mol. The molecule has 0 atom stereocenters. The number of aryl methyl sites for hydroxylation is 2. The van der Waals surface area contributed by atoms with Gasteiger partial charge in [0, 0.05) is 6.54 Å². The van der Waals surface area contributed by atoms with Crippen molar-refractivity contribution in [2.45, 2.75) is 33.2 Å². The van der Waals surface area contributed by atoms with Gasteiger partial charge in [-0.3, -0.25) is 14.5 Å². The van der Waals surface area contributed by atoms with Crippen molar-refractivity contribution in [1.29, 1.82) is 0 Å². The summed E-state index contributed by atoms with van der Waals surface area (Å²) >= 11 is 5.74. The highest BCUT2D eigenvalue weighted by Crippen LogP contribution is 2.15. The molecular formula is C10H13ClN4O. The van der Waals surface area contributed by atoms with Crippen LogP contribution in [-0.2, 0) is 13.0 Å². The number of halogens is 1. The van der Waals surface area contributed by atoms with E-state index >= 15 is 0 Å². The van der Waals surface area contributed by atoms with Crippen LogP contribution in [0.25, 0.3) is 11.0 Å². The molecule has 0 aromatic carbocycles. The monoisotopic (exact) mass is 240 g/mol. The van der Waals surface area contributed by atoms with Crippen LogP contribution in [0.2, 0.25) is 5.28 Å². The van der Waals surface area contributed by atoms with Crippen LogP contribution in [0, 0.1) is 0 Å². The molecule has 0 radical (unpaired) electrons. The first kappa shape index (κ1) is 11.1. The van der Waals surface area contributed by atoms with E-state index in [1.54, 1.807) is 4.68 Å². The van der Waals surface area contributed by atoms with E-state index in [0.29, 0.717) is 17.6 Å². The Balaban J connectivity index is 2.79. The minimum atomic E-state index is -0.230. The largest absolute Gasteiger partial charge is 0.295 e. The van der Waals surface area contributed by atoms with Gasteiger partial charge in [-0.25, -0.2) is 4.98 Å². The third kappa shape index (κ3) is 1.71. The van der Waals surface area contributed by atoms with E-state index < -0.39 is 0 Å². The number of hydrogen-bond donors (Lipinski definition) is 1. The summed E-state index contributed by atoms with van der Waals surface area (Å²) in [6.07, 6.45) is 1.76. The average molecular weight is 241 g/mol. The highest BCUT2D eigenvalue weighted by Gasteiger charge is 2.14. The van der Waals surface area contributed by atoms with Crippen LogP contribution in [-0.4, -0.2) is 19.7 Å². The van der Waals surface area contributed by atoms with Crippen LogP contribution in [0.4, 0.5) is 0 Å². The van der Waals surface area contributed by atoms with Crippen molar-refractivity contribution in [3.8, 4) is 0 Å². The third-order valence-electron chi connectivity index (χ3n) is 2.43. The molecule has 0 fully saturated rings. The quantitative estimate of drug-likeness (QED) is 0.832. The van der Waals surface area contributed by atoms with Gasteiger partial charge in [-0.05, 0) is 24.9 Å². The number of H-pyrrole nitrogens is 1.